The van der Waals surface area contributed by atoms with E-state index in [0.29, 0.717) is 6.04 Å². The van der Waals surface area contributed by atoms with Gasteiger partial charge in [-0.1, -0.05) is 0 Å². The van der Waals surface area contributed by atoms with Crippen molar-refractivity contribution in [2.24, 2.45) is 4.99 Å². The smallest absolute Gasteiger partial charge is 0.0536 e. The maximum absolute atomic E-state index is 4.16. The van der Waals surface area contributed by atoms with Crippen molar-refractivity contribution >= 4 is 6.21 Å². The van der Waals surface area contributed by atoms with Gasteiger partial charge in [-0.25, -0.2) is 0 Å². The fourth-order valence-electron chi connectivity index (χ4n) is 0.783. The van der Waals surface area contributed by atoms with Crippen LogP contribution >= 0.6 is 0 Å². The first-order valence-corrected chi connectivity index (χ1v) is 3.11. The Balaban J connectivity index is 2.30. The summed E-state index contributed by atoms with van der Waals surface area (Å²) in [7, 11) is 0. The molecule has 0 amide bonds. The highest BCUT2D eigenvalue weighted by atomic mass is 14.9. The van der Waals surface area contributed by atoms with Crippen LogP contribution in [0.5, 0.6) is 0 Å². The maximum atomic E-state index is 4.16. The molecule has 1 N–H and O–H groups in total. The molecule has 0 aromatic heterocycles. The summed E-state index contributed by atoms with van der Waals surface area (Å²) >= 11 is 0. The van der Waals surface area contributed by atoms with E-state index in [1.54, 1.807) is 0 Å². The van der Waals surface area contributed by atoms with Gasteiger partial charge in [-0.15, -0.1) is 0 Å². The van der Waals surface area contributed by atoms with Gasteiger partial charge in [-0.3, -0.25) is 4.99 Å². The second-order valence-corrected chi connectivity index (χ2v) is 2.19. The van der Waals surface area contributed by atoms with Crippen molar-refractivity contribution in [1.29, 1.82) is 0 Å². The summed E-state index contributed by atoms with van der Waals surface area (Å²) in [5, 5.41) is 3.32. The molecule has 1 aliphatic rings. The minimum absolute atomic E-state index is 0.578. The van der Waals surface area contributed by atoms with Gasteiger partial charge in [0.1, 0.15) is 0 Å². The van der Waals surface area contributed by atoms with Crippen molar-refractivity contribution in [1.82, 2.24) is 5.32 Å². The fraction of sp³-hybridized carbons (Fsp3) is 0.833. The van der Waals surface area contributed by atoms with Crippen LogP contribution in [0.1, 0.15) is 13.3 Å². The van der Waals surface area contributed by atoms with Gasteiger partial charge in [0.15, 0.2) is 0 Å². The summed E-state index contributed by atoms with van der Waals surface area (Å²) in [6.07, 6.45) is 3.08. The molecule has 1 rings (SSSR count). The number of nitrogens with zero attached hydrogens (tertiary/aromatic N) is 1. The summed E-state index contributed by atoms with van der Waals surface area (Å²) in [6.45, 7) is 4.19. The molecule has 1 atom stereocenters. The van der Waals surface area contributed by atoms with E-state index < -0.39 is 0 Å². The van der Waals surface area contributed by atoms with Crippen molar-refractivity contribution in [2.45, 2.75) is 19.4 Å². The molecule has 2 nitrogen and oxygen atoms in total. The summed E-state index contributed by atoms with van der Waals surface area (Å²) < 4.78 is 0. The first-order valence-electron chi connectivity index (χ1n) is 3.11. The van der Waals surface area contributed by atoms with Gasteiger partial charge in [0.2, 0.25) is 0 Å². The van der Waals surface area contributed by atoms with Crippen molar-refractivity contribution in [3.05, 3.63) is 0 Å². The van der Waals surface area contributed by atoms with E-state index in [9.17, 15) is 0 Å². The zero-order chi connectivity index (χ0) is 5.82. The molecule has 1 aliphatic heterocycles. The lowest BCUT2D eigenvalue weighted by atomic mass is 10.3. The third-order valence-electron chi connectivity index (χ3n) is 1.27. The van der Waals surface area contributed by atoms with Crippen LogP contribution < -0.4 is 5.32 Å². The van der Waals surface area contributed by atoms with Crippen molar-refractivity contribution in [3.8, 4) is 0 Å². The zero-order valence-corrected chi connectivity index (χ0v) is 5.22. The Hall–Kier alpha value is -0.370. The molecule has 0 spiro atoms. The first-order chi connectivity index (χ1) is 3.89. The Bertz CT molecular complexity index is 88.5. The van der Waals surface area contributed by atoms with Crippen LogP contribution in [0.3, 0.4) is 0 Å². The highest BCUT2D eigenvalue weighted by Gasteiger charge is 1.99. The van der Waals surface area contributed by atoms with Gasteiger partial charge < -0.3 is 5.32 Å². The molecule has 1 heterocycles. The molecule has 0 saturated heterocycles. The highest BCUT2D eigenvalue weighted by Crippen LogP contribution is 1.87. The highest BCUT2D eigenvalue weighted by molar-refractivity contribution is 5.57. The van der Waals surface area contributed by atoms with Crippen molar-refractivity contribution < 1.29 is 0 Å². The van der Waals surface area contributed by atoms with E-state index in [0.717, 1.165) is 19.5 Å². The molecule has 0 aliphatic carbocycles. The molecule has 0 saturated carbocycles. The van der Waals surface area contributed by atoms with E-state index in [2.05, 4.69) is 17.2 Å². The molecule has 0 radical (unpaired) electrons. The monoisotopic (exact) mass is 112 g/mol. The van der Waals surface area contributed by atoms with Gasteiger partial charge in [-0.2, -0.15) is 0 Å². The quantitative estimate of drug-likeness (QED) is 0.483. The van der Waals surface area contributed by atoms with E-state index in [1.165, 1.54) is 0 Å². The van der Waals surface area contributed by atoms with Crippen LogP contribution in [0.25, 0.3) is 0 Å². The Morgan fingerprint density at radius 3 is 3.50 bits per heavy atom. The molecular formula is C6H12N2. The molecular weight excluding hydrogens is 100 g/mol. The largest absolute Gasteiger partial charge is 0.312 e. The Morgan fingerprint density at radius 1 is 1.75 bits per heavy atom. The predicted molar refractivity (Wildman–Crippen MR) is 35.4 cm³/mol. The topological polar surface area (TPSA) is 24.4 Å². The third-order valence-corrected chi connectivity index (χ3v) is 1.27. The van der Waals surface area contributed by atoms with Crippen LogP contribution in [-0.2, 0) is 0 Å². The number of nitrogens with one attached hydrogen (secondary N) is 1. The minimum atomic E-state index is 0.578. The predicted octanol–water partition coefficient (Wildman–Crippen LogP) is 0.439. The molecule has 0 fully saturated rings. The molecule has 0 aromatic rings. The van der Waals surface area contributed by atoms with Gasteiger partial charge >= 0.3 is 0 Å². The lowest BCUT2D eigenvalue weighted by Gasteiger charge is -2.05. The van der Waals surface area contributed by atoms with E-state index in [-0.39, 0.29) is 0 Å². The summed E-state index contributed by atoms with van der Waals surface area (Å²) in [5.74, 6) is 0. The van der Waals surface area contributed by atoms with Crippen LogP contribution in [0.2, 0.25) is 0 Å². The second kappa shape index (κ2) is 2.82. The van der Waals surface area contributed by atoms with Gasteiger partial charge in [0, 0.05) is 18.8 Å². The standard InChI is InChI=1S/C6H12N2/c1-6-5-7-3-2-4-8-6/h3,6,8H,2,4-5H2,1H3. The first kappa shape index (κ1) is 5.76. The molecule has 2 heteroatoms. The summed E-state index contributed by atoms with van der Waals surface area (Å²) in [6, 6.07) is 0.578. The van der Waals surface area contributed by atoms with Gasteiger partial charge in [0.05, 0.1) is 6.54 Å². The number of rotatable bonds is 0. The lowest BCUT2D eigenvalue weighted by Crippen LogP contribution is -2.27. The van der Waals surface area contributed by atoms with Gasteiger partial charge in [-0.05, 0) is 13.3 Å². The second-order valence-electron chi connectivity index (χ2n) is 2.19. The molecule has 8 heavy (non-hydrogen) atoms. The van der Waals surface area contributed by atoms with E-state index in [1.807, 2.05) is 6.21 Å². The van der Waals surface area contributed by atoms with E-state index >= 15 is 0 Å². The van der Waals surface area contributed by atoms with E-state index in [4.69, 9.17) is 0 Å². The summed E-state index contributed by atoms with van der Waals surface area (Å²) in [4.78, 5) is 4.16. The van der Waals surface area contributed by atoms with Crippen LogP contribution in [-0.4, -0.2) is 25.3 Å². The Kier molecular flexibility index (Phi) is 2.03. The van der Waals surface area contributed by atoms with Gasteiger partial charge in [0.25, 0.3) is 0 Å². The average Bonchev–Trinajstić information content (AvgIpc) is 1.94. The van der Waals surface area contributed by atoms with Crippen LogP contribution in [0, 0.1) is 0 Å². The van der Waals surface area contributed by atoms with Crippen LogP contribution in [0.15, 0.2) is 4.99 Å². The molecule has 0 aromatic carbocycles. The summed E-state index contributed by atoms with van der Waals surface area (Å²) in [5.41, 5.74) is 0. The SMILES string of the molecule is CC1CN=CCCN1. The molecule has 0 bridgehead atoms. The van der Waals surface area contributed by atoms with Crippen molar-refractivity contribution in [2.75, 3.05) is 13.1 Å². The molecule has 1 unspecified atom stereocenters. The minimum Gasteiger partial charge on any atom is -0.312 e. The average molecular weight is 112 g/mol. The van der Waals surface area contributed by atoms with Crippen LogP contribution in [0.4, 0.5) is 0 Å². The number of aliphatic imine (C=N–C) groups is 1. The Morgan fingerprint density at radius 2 is 2.62 bits per heavy atom. The number of hydrogen-bond acceptors (Lipinski definition) is 2. The maximum Gasteiger partial charge on any atom is 0.0536 e. The Labute approximate surface area is 50.0 Å². The zero-order valence-electron chi connectivity index (χ0n) is 5.22. The van der Waals surface area contributed by atoms with Crippen molar-refractivity contribution in [3.63, 3.8) is 0 Å². The fourth-order valence-corrected chi connectivity index (χ4v) is 0.783. The normalized spacial score (nSPS) is 29.9. The third kappa shape index (κ3) is 1.62. The molecule has 46 valence electrons. The number of hydrogen-bond donors (Lipinski definition) is 1. The lowest BCUT2D eigenvalue weighted by molar-refractivity contribution is 0.582.